The summed E-state index contributed by atoms with van der Waals surface area (Å²) in [6.07, 6.45) is 1.25. The van der Waals surface area contributed by atoms with Crippen LogP contribution in [0.2, 0.25) is 5.02 Å². The van der Waals surface area contributed by atoms with Crippen molar-refractivity contribution in [2.45, 2.75) is 25.4 Å². The summed E-state index contributed by atoms with van der Waals surface area (Å²) in [7, 11) is 0. The van der Waals surface area contributed by atoms with Gasteiger partial charge in [-0.1, -0.05) is 11.6 Å². The molecule has 30 heavy (non-hydrogen) atoms. The first-order valence-electron chi connectivity index (χ1n) is 10.0. The first kappa shape index (κ1) is 19.1. The van der Waals surface area contributed by atoms with Gasteiger partial charge in [0.05, 0.1) is 0 Å². The second kappa shape index (κ2) is 7.72. The molecule has 2 aromatic rings. The zero-order chi connectivity index (χ0) is 20.7. The fourth-order valence-electron chi connectivity index (χ4n) is 4.14. The predicted molar refractivity (Wildman–Crippen MR) is 110 cm³/mol. The highest BCUT2D eigenvalue weighted by Crippen LogP contribution is 2.35. The Morgan fingerprint density at radius 1 is 1.00 bits per heavy atom. The number of carbonyl (C=O) groups excluding carboxylic acids is 2. The summed E-state index contributed by atoms with van der Waals surface area (Å²) in [5.41, 5.74) is 1.64. The molecule has 1 atom stereocenters. The van der Waals surface area contributed by atoms with Crippen LogP contribution in [0.15, 0.2) is 36.4 Å². The van der Waals surface area contributed by atoms with Crippen LogP contribution in [0.4, 0.5) is 5.69 Å². The number of benzene rings is 2. The van der Waals surface area contributed by atoms with E-state index in [-0.39, 0.29) is 24.5 Å². The molecular weight excluding hydrogens is 408 g/mol. The Kier molecular flexibility index (Phi) is 4.90. The molecule has 0 spiro atoms. The Balaban J connectivity index is 1.14. The van der Waals surface area contributed by atoms with Gasteiger partial charge in [0.1, 0.15) is 5.75 Å². The Morgan fingerprint density at radius 3 is 2.60 bits per heavy atom. The molecule has 1 N–H and O–H groups in total. The maximum atomic E-state index is 12.9. The lowest BCUT2D eigenvalue weighted by Crippen LogP contribution is -2.46. The second-order valence-electron chi connectivity index (χ2n) is 7.72. The van der Waals surface area contributed by atoms with Crippen LogP contribution in [0.5, 0.6) is 17.2 Å². The minimum Gasteiger partial charge on any atom is -0.480 e. The Bertz CT molecular complexity index is 1000. The van der Waals surface area contributed by atoms with E-state index in [2.05, 4.69) is 5.32 Å². The van der Waals surface area contributed by atoms with E-state index in [1.165, 1.54) is 0 Å². The molecule has 3 heterocycles. The molecule has 1 fully saturated rings. The molecule has 3 aliphatic rings. The zero-order valence-electron chi connectivity index (χ0n) is 16.2. The molecule has 0 bridgehead atoms. The van der Waals surface area contributed by atoms with Gasteiger partial charge < -0.3 is 24.4 Å². The van der Waals surface area contributed by atoms with Crippen LogP contribution in [-0.2, 0) is 16.0 Å². The Hall–Kier alpha value is -2.93. The van der Waals surface area contributed by atoms with Crippen molar-refractivity contribution in [1.82, 2.24) is 4.90 Å². The van der Waals surface area contributed by atoms with E-state index in [4.69, 9.17) is 25.8 Å². The number of nitrogens with one attached hydrogen (secondary N) is 1. The molecule has 0 unspecified atom stereocenters. The molecule has 8 heteroatoms. The van der Waals surface area contributed by atoms with Crippen LogP contribution in [0.25, 0.3) is 0 Å². The van der Waals surface area contributed by atoms with Crippen molar-refractivity contribution in [1.29, 1.82) is 0 Å². The van der Waals surface area contributed by atoms with Gasteiger partial charge in [0.2, 0.25) is 12.7 Å². The molecule has 3 aliphatic heterocycles. The molecule has 2 amide bonds. The third-order valence-corrected chi connectivity index (χ3v) is 6.03. The molecule has 0 radical (unpaired) electrons. The standard InChI is InChI=1S/C22H21ClN2O5/c23-15-1-3-17-14(9-15)10-20(30-17)22(27)25-7-5-13(6-8-25)21(26)24-16-2-4-18-19(11-16)29-12-28-18/h1-4,9,11,13,20H,5-8,10,12H2,(H,24,26)/t20-/m0/s1. The van der Waals surface area contributed by atoms with Gasteiger partial charge in [-0.2, -0.15) is 0 Å². The largest absolute Gasteiger partial charge is 0.480 e. The van der Waals surface area contributed by atoms with Crippen molar-refractivity contribution in [2.75, 3.05) is 25.2 Å². The number of likely N-dealkylation sites (tertiary alicyclic amines) is 1. The summed E-state index contributed by atoms with van der Waals surface area (Å²) < 4.78 is 16.5. The van der Waals surface area contributed by atoms with Crippen molar-refractivity contribution >= 4 is 29.1 Å². The van der Waals surface area contributed by atoms with E-state index < -0.39 is 6.10 Å². The molecule has 5 rings (SSSR count). The molecule has 0 aromatic heterocycles. The number of fused-ring (bicyclic) bond motifs is 2. The molecule has 156 valence electrons. The fourth-order valence-corrected chi connectivity index (χ4v) is 4.33. The number of hydrogen-bond donors (Lipinski definition) is 1. The molecule has 0 aliphatic carbocycles. The number of amides is 2. The van der Waals surface area contributed by atoms with E-state index in [1.807, 2.05) is 6.07 Å². The number of halogens is 1. The molecule has 7 nitrogen and oxygen atoms in total. The predicted octanol–water partition coefficient (Wildman–Crippen LogP) is 3.25. The molecule has 1 saturated heterocycles. The Labute approximate surface area is 178 Å². The topological polar surface area (TPSA) is 77.1 Å². The summed E-state index contributed by atoms with van der Waals surface area (Å²) >= 11 is 6.03. The summed E-state index contributed by atoms with van der Waals surface area (Å²) in [4.78, 5) is 27.3. The van der Waals surface area contributed by atoms with Gasteiger partial charge in [0.15, 0.2) is 17.6 Å². The lowest BCUT2D eigenvalue weighted by atomic mass is 9.95. The van der Waals surface area contributed by atoms with Crippen LogP contribution in [0, 0.1) is 5.92 Å². The number of carbonyl (C=O) groups is 2. The van der Waals surface area contributed by atoms with Gasteiger partial charge >= 0.3 is 0 Å². The summed E-state index contributed by atoms with van der Waals surface area (Å²) in [5, 5.41) is 3.58. The highest BCUT2D eigenvalue weighted by atomic mass is 35.5. The van der Waals surface area contributed by atoms with E-state index in [0.29, 0.717) is 54.6 Å². The van der Waals surface area contributed by atoms with Crippen LogP contribution in [-0.4, -0.2) is 42.7 Å². The van der Waals surface area contributed by atoms with Gasteiger partial charge in [0, 0.05) is 42.2 Å². The summed E-state index contributed by atoms with van der Waals surface area (Å²) in [6, 6.07) is 10.8. The number of rotatable bonds is 3. The van der Waals surface area contributed by atoms with Crippen molar-refractivity contribution in [2.24, 2.45) is 5.92 Å². The van der Waals surface area contributed by atoms with Crippen LogP contribution in [0.1, 0.15) is 18.4 Å². The van der Waals surface area contributed by atoms with E-state index in [9.17, 15) is 9.59 Å². The molecular formula is C22H21ClN2O5. The van der Waals surface area contributed by atoms with Gasteiger partial charge in [-0.25, -0.2) is 0 Å². The van der Waals surface area contributed by atoms with Gasteiger partial charge in [0.25, 0.3) is 5.91 Å². The number of nitrogens with zero attached hydrogens (tertiary/aromatic N) is 1. The van der Waals surface area contributed by atoms with E-state index in [0.717, 1.165) is 11.3 Å². The fraction of sp³-hybridized carbons (Fsp3) is 0.364. The molecule has 0 saturated carbocycles. The number of ether oxygens (including phenoxy) is 3. The lowest BCUT2D eigenvalue weighted by Gasteiger charge is -2.32. The normalized spacial score (nSPS) is 19.9. The lowest BCUT2D eigenvalue weighted by molar-refractivity contribution is -0.140. The third-order valence-electron chi connectivity index (χ3n) is 5.79. The van der Waals surface area contributed by atoms with Crippen LogP contribution < -0.4 is 19.5 Å². The highest BCUT2D eigenvalue weighted by Gasteiger charge is 2.35. The quantitative estimate of drug-likeness (QED) is 0.812. The first-order chi connectivity index (χ1) is 14.6. The SMILES string of the molecule is O=C(Nc1ccc2c(c1)OCO2)C1CCN(C(=O)[C@@H]2Cc3cc(Cl)ccc3O2)CC1. The maximum Gasteiger partial charge on any atom is 0.263 e. The summed E-state index contributed by atoms with van der Waals surface area (Å²) in [5.74, 6) is 1.82. The van der Waals surface area contributed by atoms with Crippen molar-refractivity contribution in [3.05, 3.63) is 47.0 Å². The third kappa shape index (κ3) is 3.65. The minimum absolute atomic E-state index is 0.0306. The van der Waals surface area contributed by atoms with Gasteiger partial charge in [-0.3, -0.25) is 9.59 Å². The smallest absolute Gasteiger partial charge is 0.263 e. The van der Waals surface area contributed by atoms with Gasteiger partial charge in [-0.15, -0.1) is 0 Å². The van der Waals surface area contributed by atoms with E-state index >= 15 is 0 Å². The highest BCUT2D eigenvalue weighted by molar-refractivity contribution is 6.30. The van der Waals surface area contributed by atoms with Crippen molar-refractivity contribution in [3.8, 4) is 17.2 Å². The number of piperidine rings is 1. The number of hydrogen-bond acceptors (Lipinski definition) is 5. The maximum absolute atomic E-state index is 12.9. The summed E-state index contributed by atoms with van der Waals surface area (Å²) in [6.45, 7) is 1.27. The minimum atomic E-state index is -0.516. The van der Waals surface area contributed by atoms with Crippen LogP contribution in [0.3, 0.4) is 0 Å². The van der Waals surface area contributed by atoms with Crippen molar-refractivity contribution in [3.63, 3.8) is 0 Å². The number of anilines is 1. The van der Waals surface area contributed by atoms with Crippen molar-refractivity contribution < 1.29 is 23.8 Å². The average Bonchev–Trinajstić information content (AvgIpc) is 3.39. The molecule has 2 aromatic carbocycles. The Morgan fingerprint density at radius 2 is 1.77 bits per heavy atom. The first-order valence-corrected chi connectivity index (χ1v) is 10.4. The van der Waals surface area contributed by atoms with Gasteiger partial charge in [-0.05, 0) is 48.7 Å². The van der Waals surface area contributed by atoms with E-state index in [1.54, 1.807) is 35.2 Å². The monoisotopic (exact) mass is 428 g/mol. The zero-order valence-corrected chi connectivity index (χ0v) is 17.0. The second-order valence-corrected chi connectivity index (χ2v) is 8.16. The average molecular weight is 429 g/mol. The van der Waals surface area contributed by atoms with Crippen LogP contribution >= 0.6 is 11.6 Å².